The summed E-state index contributed by atoms with van der Waals surface area (Å²) in [6, 6.07) is 15.1. The van der Waals surface area contributed by atoms with Gasteiger partial charge >= 0.3 is 0 Å². The van der Waals surface area contributed by atoms with Crippen molar-refractivity contribution in [3.8, 4) is 28.3 Å². The number of nitrogens with one attached hydrogen (secondary N) is 3. The van der Waals surface area contributed by atoms with Gasteiger partial charge in [-0.25, -0.2) is 9.98 Å². The molecule has 0 spiro atoms. The van der Waals surface area contributed by atoms with Crippen LogP contribution in [0.1, 0.15) is 29.7 Å². The van der Waals surface area contributed by atoms with E-state index in [1.165, 1.54) is 18.8 Å². The fraction of sp³-hybridized carbons (Fsp3) is 0.297. The molecule has 1 saturated heterocycles. The quantitative estimate of drug-likeness (QED) is 0.107. The molecule has 1 aliphatic rings. The van der Waals surface area contributed by atoms with Crippen LogP contribution in [0.3, 0.4) is 0 Å². The molecular formula is C37H40Cl2N8O4. The largest absolute Gasteiger partial charge is 0.480 e. The van der Waals surface area contributed by atoms with E-state index in [9.17, 15) is 9.59 Å². The van der Waals surface area contributed by atoms with Crippen molar-refractivity contribution >= 4 is 42.0 Å². The lowest BCUT2D eigenvalue weighted by molar-refractivity contribution is -0.119. The molecule has 2 aromatic heterocycles. The first-order valence-corrected chi connectivity index (χ1v) is 17.1. The number of aliphatic imine (C=N–C) groups is 2. The molecule has 3 heterocycles. The normalized spacial score (nSPS) is 14.8. The third-order valence-electron chi connectivity index (χ3n) is 8.37. The lowest BCUT2D eigenvalue weighted by Gasteiger charge is -2.14. The second-order valence-electron chi connectivity index (χ2n) is 11.8. The second kappa shape index (κ2) is 17.9. The lowest BCUT2D eigenvalue weighted by Crippen LogP contribution is -2.36. The Labute approximate surface area is 306 Å². The smallest absolute Gasteiger partial charge is 0.254 e. The Kier molecular flexibility index (Phi) is 13.1. The average Bonchev–Trinajstić information content (AvgIpc) is 3.56. The number of pyridine rings is 1. The molecule has 0 radical (unpaired) electrons. The van der Waals surface area contributed by atoms with Gasteiger partial charge in [0.2, 0.25) is 17.7 Å². The molecule has 1 aliphatic heterocycles. The van der Waals surface area contributed by atoms with Crippen LogP contribution in [0, 0.1) is 0 Å². The van der Waals surface area contributed by atoms with Crippen molar-refractivity contribution in [1.82, 2.24) is 30.5 Å². The minimum absolute atomic E-state index is 0.0587. The Hall–Kier alpha value is -4.88. The lowest BCUT2D eigenvalue weighted by atomic mass is 9.99. The molecule has 3 N–H and O–H groups in total. The first kappa shape index (κ1) is 37.4. The first-order valence-electron chi connectivity index (χ1n) is 16.3. The highest BCUT2D eigenvalue weighted by Crippen LogP contribution is 2.40. The van der Waals surface area contributed by atoms with Crippen molar-refractivity contribution in [3.63, 3.8) is 0 Å². The summed E-state index contributed by atoms with van der Waals surface area (Å²) < 4.78 is 12.5. The Balaban J connectivity index is 1.31. The molecule has 14 heteroatoms. The summed E-state index contributed by atoms with van der Waals surface area (Å²) in [5, 5.41) is 10.5. The van der Waals surface area contributed by atoms with Crippen molar-refractivity contribution in [3.05, 3.63) is 110 Å². The van der Waals surface area contributed by atoms with Crippen LogP contribution in [0.5, 0.6) is 5.88 Å². The van der Waals surface area contributed by atoms with E-state index >= 15 is 0 Å². The Morgan fingerprint density at radius 3 is 2.51 bits per heavy atom. The Morgan fingerprint density at radius 2 is 1.78 bits per heavy atom. The van der Waals surface area contributed by atoms with E-state index in [0.717, 1.165) is 23.1 Å². The Morgan fingerprint density at radius 1 is 1.04 bits per heavy atom. The number of carbonyl (C=O) groups is 1. The van der Waals surface area contributed by atoms with Gasteiger partial charge in [-0.1, -0.05) is 65.7 Å². The van der Waals surface area contributed by atoms with Gasteiger partial charge in [0.1, 0.15) is 11.4 Å². The van der Waals surface area contributed by atoms with Gasteiger partial charge in [0.05, 0.1) is 36.2 Å². The number of ether oxygens (including phenoxy) is 2. The van der Waals surface area contributed by atoms with E-state index in [4.69, 9.17) is 37.7 Å². The molecule has 51 heavy (non-hydrogen) atoms. The van der Waals surface area contributed by atoms with E-state index in [1.54, 1.807) is 31.7 Å². The van der Waals surface area contributed by atoms with Gasteiger partial charge in [-0.15, -0.1) is 0 Å². The highest BCUT2D eigenvalue weighted by molar-refractivity contribution is 6.38. The van der Waals surface area contributed by atoms with Crippen molar-refractivity contribution in [2.75, 3.05) is 27.3 Å². The van der Waals surface area contributed by atoms with Crippen molar-refractivity contribution in [1.29, 1.82) is 0 Å². The maximum Gasteiger partial charge on any atom is 0.254 e. The number of aromatic nitrogens is 3. The van der Waals surface area contributed by atoms with Gasteiger partial charge in [0, 0.05) is 86.8 Å². The van der Waals surface area contributed by atoms with Gasteiger partial charge in [-0.3, -0.25) is 19.6 Å². The number of hydrogen-bond donors (Lipinski definition) is 3. The molecule has 1 atom stereocenters. The summed E-state index contributed by atoms with van der Waals surface area (Å²) in [6.45, 7) is 5.29. The fourth-order valence-corrected chi connectivity index (χ4v) is 6.33. The molecule has 1 fully saturated rings. The molecule has 5 rings (SSSR count). The summed E-state index contributed by atoms with van der Waals surface area (Å²) >= 11 is 14.0. The summed E-state index contributed by atoms with van der Waals surface area (Å²) in [7, 11) is 4.77. The van der Waals surface area contributed by atoms with Crippen LogP contribution in [0.4, 0.5) is 0 Å². The van der Waals surface area contributed by atoms with Gasteiger partial charge in [-0.05, 0) is 24.8 Å². The average molecular weight is 732 g/mol. The predicted molar refractivity (Wildman–Crippen MR) is 202 cm³/mol. The number of nitrogens with zero attached hydrogens (tertiary/aromatic N) is 5. The highest BCUT2D eigenvalue weighted by Gasteiger charge is 2.21. The molecule has 2 aromatic carbocycles. The fourth-order valence-electron chi connectivity index (χ4n) is 5.70. The van der Waals surface area contributed by atoms with E-state index in [-0.39, 0.29) is 17.5 Å². The number of hydrogen-bond acceptors (Lipinski definition) is 10. The van der Waals surface area contributed by atoms with Gasteiger partial charge in [-0.2, -0.15) is 0 Å². The minimum atomic E-state index is -0.0587. The number of amides is 1. The Bertz CT molecular complexity index is 2010. The van der Waals surface area contributed by atoms with Crippen molar-refractivity contribution in [2.45, 2.75) is 38.4 Å². The molecule has 0 aliphatic carbocycles. The van der Waals surface area contributed by atoms with E-state index < -0.39 is 0 Å². The maximum atomic E-state index is 12.3. The maximum absolute atomic E-state index is 12.3. The van der Waals surface area contributed by atoms with E-state index in [0.29, 0.717) is 89.0 Å². The van der Waals surface area contributed by atoms with Crippen molar-refractivity contribution in [2.24, 2.45) is 17.0 Å². The number of benzene rings is 2. The third-order valence-corrected chi connectivity index (χ3v) is 9.22. The zero-order valence-corrected chi connectivity index (χ0v) is 30.2. The number of methoxy groups -OCH3 is 2. The topological polar surface area (TPSA) is 144 Å². The van der Waals surface area contributed by atoms with Gasteiger partial charge in [0.15, 0.2) is 0 Å². The standard InChI is InChI=1S/C37H40Cl2N8O4/c1-40-35(50-3)30(20-42-19-25-13-14-32(48)45-25)43-16-15-23-8-5-10-26(33(23)38)27-11-6-12-28(34(27)39)29-22-44-31(36(46-29)51-4)21-41-18-24-9-7-17-47(2)37(24)49/h5-12,16-17,22,25,41-42H,1,13-15,18-21H2,2-4H3,(H,45,48)/b35-30+,43-16-/t25-/m0/s1. The van der Waals surface area contributed by atoms with E-state index in [2.05, 4.69) is 37.6 Å². The summed E-state index contributed by atoms with van der Waals surface area (Å²) in [6.07, 6.45) is 6.87. The summed E-state index contributed by atoms with van der Waals surface area (Å²) in [4.78, 5) is 41.8. The van der Waals surface area contributed by atoms with Crippen LogP contribution in [-0.4, -0.2) is 66.7 Å². The monoisotopic (exact) mass is 730 g/mol. The number of carbonyl (C=O) groups excluding carboxylic acids is 1. The number of halogens is 2. The molecule has 0 bridgehead atoms. The first-order chi connectivity index (χ1) is 24.7. The molecule has 1 amide bonds. The molecule has 0 saturated carbocycles. The summed E-state index contributed by atoms with van der Waals surface area (Å²) in [5.74, 6) is 0.718. The third kappa shape index (κ3) is 9.27. The zero-order valence-electron chi connectivity index (χ0n) is 28.7. The molecule has 4 aromatic rings. The second-order valence-corrected chi connectivity index (χ2v) is 12.5. The number of rotatable bonds is 16. The van der Waals surface area contributed by atoms with E-state index in [1.807, 2.05) is 42.5 Å². The van der Waals surface area contributed by atoms with Crippen LogP contribution in [0.15, 0.2) is 87.3 Å². The van der Waals surface area contributed by atoms with Gasteiger partial charge in [0.25, 0.3) is 5.56 Å². The molecule has 12 nitrogen and oxygen atoms in total. The summed E-state index contributed by atoms with van der Waals surface area (Å²) in [5.41, 5.74) is 5.28. The van der Waals surface area contributed by atoms with Crippen LogP contribution in [0.2, 0.25) is 10.0 Å². The molecule has 266 valence electrons. The van der Waals surface area contributed by atoms with Crippen LogP contribution in [-0.2, 0) is 36.1 Å². The highest BCUT2D eigenvalue weighted by atomic mass is 35.5. The molecule has 0 unspecified atom stereocenters. The molecular weight excluding hydrogens is 691 g/mol. The SMILES string of the molecule is C=N/C(OC)=C(CNC[C@@H]1CCC(=O)N1)\N=C/Cc1cccc(-c2cccc(-c3cnc(CNCc4cccn(C)c4=O)c(OC)n3)c2Cl)c1Cl. The van der Waals surface area contributed by atoms with Crippen LogP contribution >= 0.6 is 23.2 Å². The predicted octanol–water partition coefficient (Wildman–Crippen LogP) is 5.11. The minimum Gasteiger partial charge on any atom is -0.480 e. The number of aryl methyl sites for hydroxylation is 1. The zero-order chi connectivity index (χ0) is 36.3. The van der Waals surface area contributed by atoms with Crippen LogP contribution in [0.25, 0.3) is 22.4 Å². The van der Waals surface area contributed by atoms with Crippen molar-refractivity contribution < 1.29 is 14.3 Å². The van der Waals surface area contributed by atoms with Gasteiger partial charge < -0.3 is 30.0 Å². The van der Waals surface area contributed by atoms with Crippen LogP contribution < -0.4 is 26.2 Å².